The van der Waals surface area contributed by atoms with Gasteiger partial charge in [0.2, 0.25) is 5.91 Å². The van der Waals surface area contributed by atoms with Crippen molar-refractivity contribution in [3.63, 3.8) is 0 Å². The third-order valence-corrected chi connectivity index (χ3v) is 5.93. The summed E-state index contributed by atoms with van der Waals surface area (Å²) in [6, 6.07) is 21.3. The van der Waals surface area contributed by atoms with E-state index in [9.17, 15) is 9.59 Å². The Balaban J connectivity index is 1.35. The summed E-state index contributed by atoms with van der Waals surface area (Å²) < 4.78 is 0. The van der Waals surface area contributed by atoms with Crippen molar-refractivity contribution in [1.29, 1.82) is 0 Å². The first-order valence-corrected chi connectivity index (χ1v) is 9.64. The number of fused-ring (bicyclic) bond motifs is 1. The lowest BCUT2D eigenvalue weighted by molar-refractivity contribution is -0.117. The molecular formula is C23H21N3O2. The van der Waals surface area contributed by atoms with Crippen molar-refractivity contribution in [3.8, 4) is 0 Å². The van der Waals surface area contributed by atoms with Crippen molar-refractivity contribution in [3.05, 3.63) is 72.4 Å². The first kappa shape index (κ1) is 16.9. The van der Waals surface area contributed by atoms with Gasteiger partial charge in [-0.3, -0.25) is 9.59 Å². The Bertz CT molecular complexity index is 1070. The van der Waals surface area contributed by atoms with Crippen molar-refractivity contribution in [2.24, 2.45) is 5.41 Å². The minimum absolute atomic E-state index is 0.0479. The maximum Gasteiger partial charge on any atom is 0.272 e. The van der Waals surface area contributed by atoms with Gasteiger partial charge in [-0.1, -0.05) is 42.5 Å². The number of anilines is 1. The molecule has 5 rings (SSSR count). The molecule has 28 heavy (non-hydrogen) atoms. The smallest absolute Gasteiger partial charge is 0.272 e. The van der Waals surface area contributed by atoms with Gasteiger partial charge >= 0.3 is 0 Å². The zero-order valence-electron chi connectivity index (χ0n) is 15.5. The van der Waals surface area contributed by atoms with Crippen LogP contribution < -0.4 is 4.90 Å². The lowest BCUT2D eigenvalue weighted by Crippen LogP contribution is -2.34. The number of carbonyl (C=O) groups excluding carboxylic acids is 2. The second-order valence-corrected chi connectivity index (χ2v) is 7.86. The molecule has 1 aromatic heterocycles. The Morgan fingerprint density at radius 2 is 1.71 bits per heavy atom. The normalized spacial score (nSPS) is 21.8. The summed E-state index contributed by atoms with van der Waals surface area (Å²) >= 11 is 0. The highest BCUT2D eigenvalue weighted by atomic mass is 16.2. The van der Waals surface area contributed by atoms with E-state index in [4.69, 9.17) is 0 Å². The first-order chi connectivity index (χ1) is 13.6. The molecule has 0 bridgehead atoms. The van der Waals surface area contributed by atoms with E-state index in [2.05, 4.69) is 4.98 Å². The third kappa shape index (κ3) is 2.83. The Kier molecular flexibility index (Phi) is 3.90. The minimum Gasteiger partial charge on any atom is -0.337 e. The summed E-state index contributed by atoms with van der Waals surface area (Å²) in [7, 11) is 0. The molecule has 5 heteroatoms. The van der Waals surface area contributed by atoms with Gasteiger partial charge in [-0.2, -0.15) is 0 Å². The van der Waals surface area contributed by atoms with E-state index in [0.29, 0.717) is 31.7 Å². The summed E-state index contributed by atoms with van der Waals surface area (Å²) in [4.78, 5) is 33.9. The molecule has 2 aromatic carbocycles. The van der Waals surface area contributed by atoms with Crippen LogP contribution in [0.3, 0.4) is 0 Å². The Morgan fingerprint density at radius 3 is 2.57 bits per heavy atom. The topological polar surface area (TPSA) is 53.5 Å². The van der Waals surface area contributed by atoms with Crippen molar-refractivity contribution >= 4 is 28.4 Å². The molecule has 2 saturated heterocycles. The van der Waals surface area contributed by atoms with E-state index >= 15 is 0 Å². The highest BCUT2D eigenvalue weighted by Gasteiger charge is 2.48. The van der Waals surface area contributed by atoms with E-state index in [1.54, 1.807) is 6.07 Å². The van der Waals surface area contributed by atoms with E-state index in [0.717, 1.165) is 23.0 Å². The number of hydrogen-bond acceptors (Lipinski definition) is 3. The third-order valence-electron chi connectivity index (χ3n) is 5.93. The number of benzene rings is 2. The van der Waals surface area contributed by atoms with Gasteiger partial charge in [-0.05, 0) is 30.7 Å². The van der Waals surface area contributed by atoms with E-state index in [-0.39, 0.29) is 17.2 Å². The van der Waals surface area contributed by atoms with E-state index in [1.165, 1.54) is 0 Å². The molecule has 2 fully saturated rings. The predicted octanol–water partition coefficient (Wildman–Crippen LogP) is 3.50. The largest absolute Gasteiger partial charge is 0.337 e. The van der Waals surface area contributed by atoms with Crippen molar-refractivity contribution in [2.75, 3.05) is 24.5 Å². The standard InChI is InChI=1S/C23H21N3O2/c27-21-14-23(16-26(21)18-7-2-1-3-8-18)12-13-25(15-23)22(28)20-11-10-17-6-4-5-9-19(17)24-20/h1-11H,12-16H2. The quantitative estimate of drug-likeness (QED) is 0.693. The summed E-state index contributed by atoms with van der Waals surface area (Å²) in [6.07, 6.45) is 1.35. The molecule has 3 heterocycles. The number of para-hydroxylation sites is 2. The lowest BCUT2D eigenvalue weighted by atomic mass is 9.86. The first-order valence-electron chi connectivity index (χ1n) is 9.64. The Labute approximate surface area is 163 Å². The molecule has 0 saturated carbocycles. The van der Waals surface area contributed by atoms with Crippen LogP contribution in [0.4, 0.5) is 5.69 Å². The van der Waals surface area contributed by atoms with Crippen LogP contribution in [0.5, 0.6) is 0 Å². The number of likely N-dealkylation sites (tertiary alicyclic amines) is 1. The molecule has 2 amide bonds. The molecule has 2 aliphatic rings. The number of pyridine rings is 1. The summed E-state index contributed by atoms with van der Waals surface area (Å²) in [6.45, 7) is 1.95. The van der Waals surface area contributed by atoms with Gasteiger partial charge in [0.25, 0.3) is 5.91 Å². The highest BCUT2D eigenvalue weighted by Crippen LogP contribution is 2.42. The molecule has 1 spiro atoms. The number of amides is 2. The molecule has 0 aliphatic carbocycles. The van der Waals surface area contributed by atoms with Crippen LogP contribution in [0.15, 0.2) is 66.7 Å². The van der Waals surface area contributed by atoms with E-state index in [1.807, 2.05) is 70.5 Å². The molecule has 1 unspecified atom stereocenters. The Morgan fingerprint density at radius 1 is 0.929 bits per heavy atom. The van der Waals surface area contributed by atoms with Crippen LogP contribution >= 0.6 is 0 Å². The van der Waals surface area contributed by atoms with Crippen LogP contribution in [0.25, 0.3) is 10.9 Å². The fraction of sp³-hybridized carbons (Fsp3) is 0.261. The second kappa shape index (κ2) is 6.44. The fourth-order valence-corrected chi connectivity index (χ4v) is 4.47. The number of carbonyl (C=O) groups is 2. The summed E-state index contributed by atoms with van der Waals surface area (Å²) in [5, 5.41) is 1.02. The molecule has 5 nitrogen and oxygen atoms in total. The summed E-state index contributed by atoms with van der Waals surface area (Å²) in [5.41, 5.74) is 2.08. The maximum atomic E-state index is 13.0. The number of aromatic nitrogens is 1. The van der Waals surface area contributed by atoms with E-state index < -0.39 is 0 Å². The number of rotatable bonds is 2. The van der Waals surface area contributed by atoms with Gasteiger partial charge in [-0.25, -0.2) is 4.98 Å². The summed E-state index contributed by atoms with van der Waals surface area (Å²) in [5.74, 6) is 0.0950. The van der Waals surface area contributed by atoms with Gasteiger partial charge in [0, 0.05) is 42.5 Å². The van der Waals surface area contributed by atoms with Gasteiger partial charge in [0.05, 0.1) is 5.52 Å². The highest BCUT2D eigenvalue weighted by molar-refractivity contribution is 5.97. The van der Waals surface area contributed by atoms with Crippen molar-refractivity contribution in [1.82, 2.24) is 9.88 Å². The molecule has 140 valence electrons. The fourth-order valence-electron chi connectivity index (χ4n) is 4.47. The molecule has 3 aromatic rings. The second-order valence-electron chi connectivity index (χ2n) is 7.86. The molecule has 0 radical (unpaired) electrons. The molecule has 2 aliphatic heterocycles. The number of nitrogens with zero attached hydrogens (tertiary/aromatic N) is 3. The van der Waals surface area contributed by atoms with Crippen LogP contribution in [-0.4, -0.2) is 41.3 Å². The van der Waals surface area contributed by atoms with Crippen LogP contribution in [0.1, 0.15) is 23.3 Å². The minimum atomic E-state index is -0.153. The zero-order valence-corrected chi connectivity index (χ0v) is 15.5. The monoisotopic (exact) mass is 371 g/mol. The molecule has 1 atom stereocenters. The Hall–Kier alpha value is -3.21. The number of hydrogen-bond donors (Lipinski definition) is 0. The van der Waals surface area contributed by atoms with Crippen LogP contribution in [0, 0.1) is 5.41 Å². The van der Waals surface area contributed by atoms with Gasteiger partial charge < -0.3 is 9.80 Å². The van der Waals surface area contributed by atoms with Gasteiger partial charge in [0.15, 0.2) is 0 Å². The SMILES string of the molecule is O=C(c1ccc2ccccc2n1)N1CCC2(CC(=O)N(c3ccccc3)C2)C1. The average molecular weight is 371 g/mol. The van der Waals surface area contributed by atoms with Gasteiger partial charge in [-0.15, -0.1) is 0 Å². The van der Waals surface area contributed by atoms with Crippen molar-refractivity contribution in [2.45, 2.75) is 12.8 Å². The predicted molar refractivity (Wildman–Crippen MR) is 108 cm³/mol. The maximum absolute atomic E-state index is 13.0. The van der Waals surface area contributed by atoms with Crippen LogP contribution in [-0.2, 0) is 4.79 Å². The van der Waals surface area contributed by atoms with Crippen LogP contribution in [0.2, 0.25) is 0 Å². The average Bonchev–Trinajstić information content (AvgIpc) is 3.30. The van der Waals surface area contributed by atoms with Crippen molar-refractivity contribution < 1.29 is 9.59 Å². The molecule has 0 N–H and O–H groups in total. The molecular weight excluding hydrogens is 350 g/mol. The zero-order chi connectivity index (χ0) is 19.1. The van der Waals surface area contributed by atoms with Gasteiger partial charge in [0.1, 0.15) is 5.69 Å². The lowest BCUT2D eigenvalue weighted by Gasteiger charge is -2.24.